The van der Waals surface area contributed by atoms with Gasteiger partial charge in [0.05, 0.1) is 52.6 Å². The zero-order valence-electron chi connectivity index (χ0n) is 28.3. The SMILES string of the molecule is COc1ccc(C2(CCN3CCCCC3C(=O)c3nc4ccccc4[nH]3)CCN(C(=O)c3cc(OC)c(OC)c(OC)c3)C2)cc1OC. The van der Waals surface area contributed by atoms with Gasteiger partial charge in [0, 0.05) is 24.1 Å². The number of fused-ring (bicyclic) bond motifs is 1. The molecule has 4 aromatic rings. The van der Waals surface area contributed by atoms with Gasteiger partial charge in [-0.1, -0.05) is 24.6 Å². The minimum atomic E-state index is -0.389. The molecule has 2 unspecified atom stereocenters. The number of nitrogens with one attached hydrogen (secondary N) is 1. The highest BCUT2D eigenvalue weighted by Crippen LogP contribution is 2.43. The summed E-state index contributed by atoms with van der Waals surface area (Å²) in [4.78, 5) is 40.0. The van der Waals surface area contributed by atoms with Gasteiger partial charge in [0.25, 0.3) is 5.91 Å². The van der Waals surface area contributed by atoms with E-state index in [4.69, 9.17) is 23.7 Å². The first-order valence-electron chi connectivity index (χ1n) is 16.4. The molecule has 2 atom stereocenters. The second kappa shape index (κ2) is 14.1. The first-order valence-corrected chi connectivity index (χ1v) is 16.4. The molecule has 3 aromatic carbocycles. The fourth-order valence-electron chi connectivity index (χ4n) is 7.32. The molecule has 2 saturated heterocycles. The number of amides is 1. The van der Waals surface area contributed by atoms with Gasteiger partial charge in [-0.05, 0) is 80.7 Å². The molecule has 1 aromatic heterocycles. The number of H-pyrrole nitrogens is 1. The number of hydrogen-bond acceptors (Lipinski definition) is 9. The van der Waals surface area contributed by atoms with Gasteiger partial charge in [-0.3, -0.25) is 14.5 Å². The molecule has 0 spiro atoms. The summed E-state index contributed by atoms with van der Waals surface area (Å²) >= 11 is 0. The van der Waals surface area contributed by atoms with E-state index in [2.05, 4.69) is 20.9 Å². The van der Waals surface area contributed by atoms with Crippen molar-refractivity contribution in [3.05, 3.63) is 71.5 Å². The molecule has 1 amide bonds. The molecule has 2 aliphatic heterocycles. The van der Waals surface area contributed by atoms with Gasteiger partial charge in [-0.2, -0.15) is 0 Å². The minimum absolute atomic E-state index is 0.0247. The van der Waals surface area contributed by atoms with Crippen molar-refractivity contribution in [2.75, 3.05) is 61.7 Å². The normalized spacial score (nSPS) is 19.7. The van der Waals surface area contributed by atoms with Crippen molar-refractivity contribution in [1.29, 1.82) is 0 Å². The number of carbonyl (C=O) groups excluding carboxylic acids is 2. The monoisotopic (exact) mass is 656 g/mol. The van der Waals surface area contributed by atoms with Crippen molar-refractivity contribution < 1.29 is 33.3 Å². The van der Waals surface area contributed by atoms with Crippen LogP contribution in [-0.4, -0.2) is 99.2 Å². The lowest BCUT2D eigenvalue weighted by Crippen LogP contribution is -2.47. The van der Waals surface area contributed by atoms with E-state index in [9.17, 15) is 9.59 Å². The van der Waals surface area contributed by atoms with Crippen molar-refractivity contribution in [2.24, 2.45) is 0 Å². The van der Waals surface area contributed by atoms with E-state index < -0.39 is 0 Å². The lowest BCUT2D eigenvalue weighted by Gasteiger charge is -2.38. The number of benzene rings is 3. The van der Waals surface area contributed by atoms with E-state index in [1.807, 2.05) is 41.3 Å². The Bertz CT molecular complexity index is 1730. The number of carbonyl (C=O) groups is 2. The van der Waals surface area contributed by atoms with Gasteiger partial charge in [0.1, 0.15) is 0 Å². The topological polar surface area (TPSA) is 115 Å². The predicted octanol–water partition coefficient (Wildman–Crippen LogP) is 5.52. The molecule has 0 bridgehead atoms. The summed E-state index contributed by atoms with van der Waals surface area (Å²) in [5.41, 5.74) is 2.79. The number of nitrogens with zero attached hydrogens (tertiary/aromatic N) is 3. The summed E-state index contributed by atoms with van der Waals surface area (Å²) in [7, 11) is 7.87. The Hall–Kier alpha value is -4.77. The number of methoxy groups -OCH3 is 5. The number of ether oxygens (including phenoxy) is 5. The first kappa shape index (κ1) is 33.1. The molecule has 6 rings (SSSR count). The third-order valence-corrected chi connectivity index (χ3v) is 9.97. The number of piperidine rings is 1. The number of rotatable bonds is 12. The van der Waals surface area contributed by atoms with Crippen LogP contribution in [-0.2, 0) is 5.41 Å². The van der Waals surface area contributed by atoms with Crippen molar-refractivity contribution >= 4 is 22.7 Å². The molecule has 11 heteroatoms. The van der Waals surface area contributed by atoms with Crippen LogP contribution in [0.25, 0.3) is 11.0 Å². The first-order chi connectivity index (χ1) is 23.3. The summed E-state index contributed by atoms with van der Waals surface area (Å²) in [6.45, 7) is 2.57. The Morgan fingerprint density at radius 1 is 0.854 bits per heavy atom. The molecule has 0 saturated carbocycles. The van der Waals surface area contributed by atoms with Crippen LogP contribution in [0.15, 0.2) is 54.6 Å². The summed E-state index contributed by atoms with van der Waals surface area (Å²) in [5, 5.41) is 0. The van der Waals surface area contributed by atoms with Crippen LogP contribution in [0, 0.1) is 0 Å². The van der Waals surface area contributed by atoms with E-state index in [0.717, 1.165) is 55.2 Å². The predicted molar refractivity (Wildman–Crippen MR) is 182 cm³/mol. The third kappa shape index (κ3) is 6.26. The maximum Gasteiger partial charge on any atom is 0.254 e. The smallest absolute Gasteiger partial charge is 0.254 e. The number of imidazole rings is 1. The van der Waals surface area contributed by atoms with Crippen LogP contribution < -0.4 is 23.7 Å². The Kier molecular flexibility index (Phi) is 9.77. The number of aromatic nitrogens is 2. The number of aromatic amines is 1. The molecule has 1 N–H and O–H groups in total. The lowest BCUT2D eigenvalue weighted by molar-refractivity contribution is 0.0712. The molecule has 2 aliphatic rings. The van der Waals surface area contributed by atoms with Gasteiger partial charge in [0.15, 0.2) is 28.8 Å². The third-order valence-electron chi connectivity index (χ3n) is 9.97. The fraction of sp³-hybridized carbons (Fsp3) is 0.432. The van der Waals surface area contributed by atoms with Crippen LogP contribution in [0.2, 0.25) is 0 Å². The quantitative estimate of drug-likeness (QED) is 0.197. The van der Waals surface area contributed by atoms with Crippen molar-refractivity contribution in [3.8, 4) is 28.7 Å². The van der Waals surface area contributed by atoms with E-state index >= 15 is 0 Å². The molecule has 0 aliphatic carbocycles. The van der Waals surface area contributed by atoms with Gasteiger partial charge in [0.2, 0.25) is 11.5 Å². The Morgan fingerprint density at radius 2 is 1.58 bits per heavy atom. The molecule has 0 radical (unpaired) electrons. The molecular formula is C37H44N4O7. The minimum Gasteiger partial charge on any atom is -0.493 e. The highest BCUT2D eigenvalue weighted by Gasteiger charge is 2.43. The summed E-state index contributed by atoms with van der Waals surface area (Å²) < 4.78 is 27.8. The van der Waals surface area contributed by atoms with Crippen molar-refractivity contribution in [1.82, 2.24) is 19.8 Å². The Labute approximate surface area is 281 Å². The van der Waals surface area contributed by atoms with Gasteiger partial charge in [-0.15, -0.1) is 0 Å². The zero-order valence-corrected chi connectivity index (χ0v) is 28.3. The van der Waals surface area contributed by atoms with Crippen molar-refractivity contribution in [3.63, 3.8) is 0 Å². The van der Waals surface area contributed by atoms with E-state index in [1.165, 1.54) is 21.3 Å². The average molecular weight is 657 g/mol. The number of ketones is 1. The fourth-order valence-corrected chi connectivity index (χ4v) is 7.32. The Morgan fingerprint density at radius 3 is 2.27 bits per heavy atom. The average Bonchev–Trinajstić information content (AvgIpc) is 3.78. The highest BCUT2D eigenvalue weighted by atomic mass is 16.5. The van der Waals surface area contributed by atoms with Crippen LogP contribution in [0.5, 0.6) is 28.7 Å². The molecule has 254 valence electrons. The summed E-state index contributed by atoms with van der Waals surface area (Å²) in [6.07, 6.45) is 4.29. The number of para-hydroxylation sites is 2. The van der Waals surface area contributed by atoms with E-state index in [-0.39, 0.29) is 23.1 Å². The number of Topliss-reactive ketones (excluding diaryl/α,β-unsaturated/α-hetero) is 1. The van der Waals surface area contributed by atoms with Gasteiger partial charge in [-0.25, -0.2) is 4.98 Å². The second-order valence-electron chi connectivity index (χ2n) is 12.5. The zero-order chi connectivity index (χ0) is 33.8. The number of hydrogen-bond donors (Lipinski definition) is 1. The Balaban J connectivity index is 1.29. The molecule has 3 heterocycles. The maximum atomic E-state index is 14.1. The van der Waals surface area contributed by atoms with E-state index in [0.29, 0.717) is 59.8 Å². The van der Waals surface area contributed by atoms with Crippen molar-refractivity contribution in [2.45, 2.75) is 43.6 Å². The highest BCUT2D eigenvalue weighted by molar-refractivity contribution is 5.99. The maximum absolute atomic E-state index is 14.1. The van der Waals surface area contributed by atoms with Crippen LogP contribution >= 0.6 is 0 Å². The standard InChI is InChI=1S/C37H44N4O7/c1-44-29-14-13-25(22-30(29)45-2)37(16-19-41(23-37)36(43)24-20-31(46-3)34(48-5)32(21-24)47-4)15-18-40-17-9-8-12-28(40)33(42)35-38-26-10-6-7-11-27(26)39-35/h6-7,10-11,13-14,20-22,28H,8-9,12,15-19,23H2,1-5H3,(H,38,39). The largest absolute Gasteiger partial charge is 0.493 e. The van der Waals surface area contributed by atoms with Gasteiger partial charge >= 0.3 is 0 Å². The summed E-state index contributed by atoms with van der Waals surface area (Å²) in [5.74, 6) is 2.89. The van der Waals surface area contributed by atoms with Crippen LogP contribution in [0.1, 0.15) is 58.6 Å². The molecule has 48 heavy (non-hydrogen) atoms. The van der Waals surface area contributed by atoms with Gasteiger partial charge < -0.3 is 33.6 Å². The van der Waals surface area contributed by atoms with E-state index in [1.54, 1.807) is 26.4 Å². The molecular weight excluding hydrogens is 612 g/mol. The number of likely N-dealkylation sites (tertiary alicyclic amines) is 2. The lowest BCUT2D eigenvalue weighted by atomic mass is 9.76. The second-order valence-corrected chi connectivity index (χ2v) is 12.5. The molecule has 11 nitrogen and oxygen atoms in total. The van der Waals surface area contributed by atoms with Crippen LogP contribution in [0.3, 0.4) is 0 Å². The molecule has 2 fully saturated rings. The summed E-state index contributed by atoms with van der Waals surface area (Å²) in [6, 6.07) is 16.9. The van der Waals surface area contributed by atoms with Crippen LogP contribution in [0.4, 0.5) is 0 Å².